The summed E-state index contributed by atoms with van der Waals surface area (Å²) in [5.74, 6) is -2.44. The molecule has 0 saturated heterocycles. The zero-order valence-electron chi connectivity index (χ0n) is 22.8. The first-order valence-electron chi connectivity index (χ1n) is 12.2. The molecule has 11 nitrogen and oxygen atoms in total. The van der Waals surface area contributed by atoms with Gasteiger partial charge in [0.15, 0.2) is 0 Å². The fourth-order valence-corrected chi connectivity index (χ4v) is 4.73. The molecule has 0 spiro atoms. The molecule has 2 unspecified atom stereocenters. The van der Waals surface area contributed by atoms with Crippen LogP contribution in [0.15, 0.2) is 38.0 Å². The summed E-state index contributed by atoms with van der Waals surface area (Å²) in [4.78, 5) is 59.5. The Morgan fingerprint density at radius 3 is 1.68 bits per heavy atom. The smallest absolute Gasteiger partial charge is 0.407 e. The maximum Gasteiger partial charge on any atom is 0.407 e. The zero-order valence-corrected chi connectivity index (χ0v) is 22.8. The van der Waals surface area contributed by atoms with Crippen LogP contribution in [0.5, 0.6) is 0 Å². The molecule has 0 bridgehead atoms. The monoisotopic (exact) mass is 536 g/mol. The van der Waals surface area contributed by atoms with E-state index in [2.05, 4.69) is 51.1 Å². The first-order chi connectivity index (χ1) is 17.7. The van der Waals surface area contributed by atoms with E-state index in [0.717, 1.165) is 24.6 Å². The van der Waals surface area contributed by atoms with Crippen LogP contribution in [0.4, 0.5) is 4.79 Å². The van der Waals surface area contributed by atoms with Gasteiger partial charge in [-0.15, -0.1) is 0 Å². The van der Waals surface area contributed by atoms with Crippen LogP contribution in [0, 0.1) is 16.2 Å². The van der Waals surface area contributed by atoms with Gasteiger partial charge in [0.05, 0.1) is 0 Å². The lowest BCUT2D eigenvalue weighted by molar-refractivity contribution is -0.159. The lowest BCUT2D eigenvalue weighted by Gasteiger charge is -2.46. The molecule has 0 aromatic carbocycles. The van der Waals surface area contributed by atoms with Gasteiger partial charge in [-0.1, -0.05) is 40.5 Å². The van der Waals surface area contributed by atoms with Gasteiger partial charge in [-0.3, -0.25) is 4.79 Å². The number of amides is 2. The molecule has 1 aliphatic rings. The minimum absolute atomic E-state index is 0.107. The van der Waals surface area contributed by atoms with Gasteiger partial charge < -0.3 is 29.6 Å². The van der Waals surface area contributed by atoms with E-state index in [-0.39, 0.29) is 22.8 Å². The molecular formula is C27H40N2O9. The van der Waals surface area contributed by atoms with E-state index in [9.17, 15) is 24.0 Å². The van der Waals surface area contributed by atoms with Gasteiger partial charge in [0, 0.05) is 37.7 Å². The Hall–Kier alpha value is -3.63. The van der Waals surface area contributed by atoms with E-state index in [0.29, 0.717) is 19.4 Å². The Morgan fingerprint density at radius 1 is 0.816 bits per heavy atom. The number of hydrogen-bond acceptors (Lipinski definition) is 9. The van der Waals surface area contributed by atoms with E-state index in [1.54, 1.807) is 0 Å². The van der Waals surface area contributed by atoms with Crippen molar-refractivity contribution in [1.82, 2.24) is 10.6 Å². The Labute approximate surface area is 224 Å². The molecule has 212 valence electrons. The lowest BCUT2D eigenvalue weighted by Crippen LogP contribution is -2.51. The molecule has 0 aliphatic heterocycles. The van der Waals surface area contributed by atoms with E-state index >= 15 is 0 Å². The second-order valence-corrected chi connectivity index (χ2v) is 10.8. The first-order valence-corrected chi connectivity index (χ1v) is 12.2. The molecule has 0 aromatic rings. The van der Waals surface area contributed by atoms with Crippen molar-refractivity contribution in [3.8, 4) is 0 Å². The molecular weight excluding hydrogens is 496 g/mol. The van der Waals surface area contributed by atoms with Gasteiger partial charge in [0.1, 0.15) is 31.8 Å². The fraction of sp³-hybridized carbons (Fsp3) is 0.593. The Kier molecular flexibility index (Phi) is 12.2. The Bertz CT molecular complexity index is 868. The Morgan fingerprint density at radius 2 is 1.26 bits per heavy atom. The fourth-order valence-electron chi connectivity index (χ4n) is 4.73. The first kappa shape index (κ1) is 32.4. The van der Waals surface area contributed by atoms with Crippen LogP contribution in [0.1, 0.15) is 47.0 Å². The summed E-state index contributed by atoms with van der Waals surface area (Å²) in [6.45, 7) is 16.5. The molecule has 2 atom stereocenters. The molecule has 11 heteroatoms. The minimum Gasteiger partial charge on any atom is -0.462 e. The molecule has 0 radical (unpaired) electrons. The van der Waals surface area contributed by atoms with Crippen LogP contribution in [0.2, 0.25) is 0 Å². The van der Waals surface area contributed by atoms with Crippen molar-refractivity contribution >= 4 is 29.9 Å². The molecule has 1 rings (SSSR count). The van der Waals surface area contributed by atoms with Gasteiger partial charge in [-0.05, 0) is 30.1 Å². The van der Waals surface area contributed by atoms with E-state index in [4.69, 9.17) is 18.9 Å². The van der Waals surface area contributed by atoms with Crippen LogP contribution >= 0.6 is 0 Å². The molecule has 38 heavy (non-hydrogen) atoms. The zero-order chi connectivity index (χ0) is 29.0. The number of rotatable bonds is 14. The van der Waals surface area contributed by atoms with Crippen molar-refractivity contribution in [2.24, 2.45) is 16.2 Å². The number of carbonyl (C=O) groups excluding carboxylic acids is 5. The van der Waals surface area contributed by atoms with Crippen molar-refractivity contribution in [1.29, 1.82) is 0 Å². The minimum atomic E-state index is -1.42. The summed E-state index contributed by atoms with van der Waals surface area (Å²) in [7, 11) is 0. The van der Waals surface area contributed by atoms with Gasteiger partial charge >= 0.3 is 24.0 Å². The highest BCUT2D eigenvalue weighted by Crippen LogP contribution is 2.45. The molecule has 1 saturated carbocycles. The van der Waals surface area contributed by atoms with Gasteiger partial charge in [-0.2, -0.15) is 0 Å². The molecule has 0 aromatic heterocycles. The molecule has 2 amide bonds. The maximum atomic E-state index is 12.9. The van der Waals surface area contributed by atoms with Crippen LogP contribution in [-0.4, -0.2) is 68.9 Å². The van der Waals surface area contributed by atoms with Crippen molar-refractivity contribution in [3.05, 3.63) is 38.0 Å². The molecule has 1 aliphatic carbocycles. The van der Waals surface area contributed by atoms with Crippen molar-refractivity contribution in [3.63, 3.8) is 0 Å². The van der Waals surface area contributed by atoms with E-state index in [1.165, 1.54) is 6.92 Å². The summed E-state index contributed by atoms with van der Waals surface area (Å²) in [6.07, 6.45) is 4.22. The van der Waals surface area contributed by atoms with Crippen molar-refractivity contribution in [2.75, 3.05) is 33.0 Å². The summed E-state index contributed by atoms with van der Waals surface area (Å²) in [5.41, 5.74) is -1.77. The molecule has 1 fully saturated rings. The van der Waals surface area contributed by atoms with Crippen LogP contribution in [0.3, 0.4) is 0 Å². The highest BCUT2D eigenvalue weighted by atomic mass is 16.6. The predicted molar refractivity (Wildman–Crippen MR) is 139 cm³/mol. The lowest BCUT2D eigenvalue weighted by atomic mass is 9.62. The third-order valence-electron chi connectivity index (χ3n) is 6.10. The average molecular weight is 537 g/mol. The predicted octanol–water partition coefficient (Wildman–Crippen LogP) is 2.61. The quantitative estimate of drug-likeness (QED) is 0.194. The highest BCUT2D eigenvalue weighted by molar-refractivity contribution is 5.82. The van der Waals surface area contributed by atoms with Crippen molar-refractivity contribution in [2.45, 2.75) is 53.0 Å². The van der Waals surface area contributed by atoms with Gasteiger partial charge in [0.25, 0.3) is 0 Å². The van der Waals surface area contributed by atoms with Gasteiger partial charge in [0.2, 0.25) is 5.91 Å². The number of esters is 3. The second-order valence-electron chi connectivity index (χ2n) is 10.8. The van der Waals surface area contributed by atoms with E-state index in [1.807, 2.05) is 0 Å². The van der Waals surface area contributed by atoms with Gasteiger partial charge in [-0.25, -0.2) is 19.2 Å². The Balaban J connectivity index is 3.02. The highest BCUT2D eigenvalue weighted by Gasteiger charge is 2.42. The number of hydrogen-bond donors (Lipinski definition) is 2. The number of carbonyl (C=O) groups is 5. The molecule has 2 N–H and O–H groups in total. The second kappa shape index (κ2) is 14.3. The number of ether oxygens (including phenoxy) is 4. The van der Waals surface area contributed by atoms with Crippen LogP contribution in [0.25, 0.3) is 0 Å². The SMILES string of the molecule is C=CC(=O)OCC(COC(=O)C=C)(COC(=O)C=C)COC(=O)NC1CC(C)(C)CC(C)(CNC(C)=O)C1. The summed E-state index contributed by atoms with van der Waals surface area (Å²) in [5, 5.41) is 5.74. The summed E-state index contributed by atoms with van der Waals surface area (Å²) in [6, 6.07) is -0.241. The number of nitrogens with one attached hydrogen (secondary N) is 2. The average Bonchev–Trinajstić information content (AvgIpc) is 2.84. The summed E-state index contributed by atoms with van der Waals surface area (Å²) < 4.78 is 20.9. The van der Waals surface area contributed by atoms with E-state index < -0.39 is 55.8 Å². The maximum absolute atomic E-state index is 12.9. The number of alkyl carbamates (subject to hydrolysis) is 1. The largest absolute Gasteiger partial charge is 0.462 e. The van der Waals surface area contributed by atoms with Crippen LogP contribution < -0.4 is 10.6 Å². The molecule has 0 heterocycles. The standard InChI is InChI=1S/C27H40N2O9/c1-8-21(31)35-15-27(16-36-22(32)9-2,17-37-23(33)10-3)18-38-24(34)29-20-11-25(5,6)13-26(7,12-20)14-28-19(4)30/h8-10,20H,1-3,11-18H2,4-7H3,(H,28,30)(H,29,34). The third kappa shape index (κ3) is 11.6. The summed E-state index contributed by atoms with van der Waals surface area (Å²) >= 11 is 0. The third-order valence-corrected chi connectivity index (χ3v) is 6.10. The topological polar surface area (TPSA) is 146 Å². The van der Waals surface area contributed by atoms with Crippen molar-refractivity contribution < 1.29 is 42.9 Å². The normalized spacial score (nSPS) is 20.2. The van der Waals surface area contributed by atoms with Crippen LogP contribution in [-0.2, 0) is 38.1 Å².